The lowest BCUT2D eigenvalue weighted by molar-refractivity contribution is 0.146. The van der Waals surface area contributed by atoms with Crippen LogP contribution in [0.15, 0.2) is 60.0 Å². The lowest BCUT2D eigenvalue weighted by atomic mass is 10.1. The van der Waals surface area contributed by atoms with Gasteiger partial charge in [-0.25, -0.2) is 12.8 Å². The highest BCUT2D eigenvalue weighted by Crippen LogP contribution is 2.23. The third-order valence-corrected chi connectivity index (χ3v) is 6.33. The lowest BCUT2D eigenvalue weighted by Crippen LogP contribution is -2.48. The van der Waals surface area contributed by atoms with E-state index in [1.54, 1.807) is 18.2 Å². The Morgan fingerprint density at radius 1 is 0.962 bits per heavy atom. The Bertz CT molecular complexity index is 843. The van der Waals surface area contributed by atoms with Crippen molar-refractivity contribution in [3.05, 3.63) is 76.9 Å². The van der Waals surface area contributed by atoms with Crippen LogP contribution in [0.3, 0.4) is 0 Å². The van der Waals surface area contributed by atoms with Crippen molar-refractivity contribution in [1.29, 1.82) is 0 Å². The fourth-order valence-corrected chi connectivity index (χ4v) is 4.29. The Labute approximate surface area is 154 Å². The van der Waals surface area contributed by atoms with Crippen LogP contribution in [0.4, 0.5) is 4.39 Å². The first kappa shape index (κ1) is 18.8. The number of halogens is 1. The van der Waals surface area contributed by atoms with Crippen LogP contribution in [0.25, 0.3) is 6.08 Å². The summed E-state index contributed by atoms with van der Waals surface area (Å²) in [7, 11) is -3.42. The maximum absolute atomic E-state index is 13.1. The Balaban J connectivity index is 1.60. The normalized spacial score (nSPS) is 18.2. The van der Waals surface area contributed by atoms with E-state index in [4.69, 9.17) is 0 Å². The van der Waals surface area contributed by atoms with Gasteiger partial charge >= 0.3 is 0 Å². The minimum absolute atomic E-state index is 0.125. The van der Waals surface area contributed by atoms with E-state index in [1.165, 1.54) is 21.8 Å². The smallest absolute Gasteiger partial charge is 0.236 e. The van der Waals surface area contributed by atoms with Crippen LogP contribution in [0.1, 0.15) is 24.1 Å². The van der Waals surface area contributed by atoms with E-state index in [-0.39, 0.29) is 11.9 Å². The van der Waals surface area contributed by atoms with Crippen LogP contribution < -0.4 is 0 Å². The minimum atomic E-state index is -3.42. The molecule has 0 amide bonds. The summed E-state index contributed by atoms with van der Waals surface area (Å²) in [6.07, 6.45) is 1.63. The Kier molecular flexibility index (Phi) is 5.86. The Morgan fingerprint density at radius 2 is 1.58 bits per heavy atom. The van der Waals surface area contributed by atoms with E-state index in [9.17, 15) is 12.8 Å². The molecule has 1 aliphatic heterocycles. The Morgan fingerprint density at radius 3 is 2.19 bits per heavy atom. The molecule has 2 aromatic rings. The average molecular weight is 374 g/mol. The predicted octanol–water partition coefficient (Wildman–Crippen LogP) is 3.51. The number of nitrogens with zero attached hydrogens (tertiary/aromatic N) is 2. The van der Waals surface area contributed by atoms with E-state index >= 15 is 0 Å². The minimum Gasteiger partial charge on any atom is -0.294 e. The number of piperazine rings is 1. The number of sulfonamides is 1. The van der Waals surface area contributed by atoms with Gasteiger partial charge in [0, 0.05) is 37.6 Å². The molecule has 0 unspecified atom stereocenters. The quantitative estimate of drug-likeness (QED) is 0.804. The molecule has 0 saturated carbocycles. The number of rotatable bonds is 5. The van der Waals surface area contributed by atoms with E-state index in [1.807, 2.05) is 30.3 Å². The molecule has 0 spiro atoms. The molecule has 0 N–H and O–H groups in total. The molecular weight excluding hydrogens is 351 g/mol. The standard InChI is InChI=1S/C20H23FN2O2S/c1-17(19-7-9-20(21)10-8-19)22-12-14-23(15-13-22)26(24,25)16-11-18-5-3-2-4-6-18/h2-11,16-17H,12-15H2,1H3/b16-11+/t17-/m1/s1. The van der Waals surface area contributed by atoms with Crippen molar-refractivity contribution in [2.24, 2.45) is 0 Å². The zero-order valence-electron chi connectivity index (χ0n) is 14.8. The van der Waals surface area contributed by atoms with Crippen LogP contribution >= 0.6 is 0 Å². The highest BCUT2D eigenvalue weighted by molar-refractivity contribution is 7.92. The second kappa shape index (κ2) is 8.12. The van der Waals surface area contributed by atoms with Crippen molar-refractivity contribution in [2.75, 3.05) is 26.2 Å². The SMILES string of the molecule is C[C@H](c1ccc(F)cc1)N1CCN(S(=O)(=O)/C=C/c2ccccc2)CC1. The van der Waals surface area contributed by atoms with Crippen LogP contribution in [0.5, 0.6) is 0 Å². The van der Waals surface area contributed by atoms with Crippen molar-refractivity contribution in [3.8, 4) is 0 Å². The third kappa shape index (κ3) is 4.58. The predicted molar refractivity (Wildman–Crippen MR) is 102 cm³/mol. The highest BCUT2D eigenvalue weighted by atomic mass is 32.2. The molecule has 1 fully saturated rings. The summed E-state index contributed by atoms with van der Waals surface area (Å²) in [5.41, 5.74) is 1.89. The summed E-state index contributed by atoms with van der Waals surface area (Å²) in [6.45, 7) is 4.26. The molecule has 3 rings (SSSR count). The summed E-state index contributed by atoms with van der Waals surface area (Å²) >= 11 is 0. The first-order chi connectivity index (χ1) is 12.5. The molecule has 1 heterocycles. The van der Waals surface area contributed by atoms with Gasteiger partial charge in [0.05, 0.1) is 0 Å². The molecule has 6 heteroatoms. The average Bonchev–Trinajstić information content (AvgIpc) is 2.67. The third-order valence-electron chi connectivity index (χ3n) is 4.77. The van der Waals surface area contributed by atoms with E-state index in [0.29, 0.717) is 26.2 Å². The molecule has 0 aliphatic carbocycles. The largest absolute Gasteiger partial charge is 0.294 e. The monoisotopic (exact) mass is 374 g/mol. The summed E-state index contributed by atoms with van der Waals surface area (Å²) in [4.78, 5) is 2.22. The molecule has 26 heavy (non-hydrogen) atoms. The summed E-state index contributed by atoms with van der Waals surface area (Å²) in [6, 6.07) is 16.0. The molecule has 138 valence electrons. The maximum atomic E-state index is 13.1. The van der Waals surface area contributed by atoms with Gasteiger partial charge in [0.2, 0.25) is 10.0 Å². The summed E-state index contributed by atoms with van der Waals surface area (Å²) in [5.74, 6) is -0.248. The van der Waals surface area contributed by atoms with Gasteiger partial charge in [-0.1, -0.05) is 42.5 Å². The molecule has 0 aromatic heterocycles. The molecular formula is C20H23FN2O2S. The molecule has 2 aromatic carbocycles. The molecule has 1 aliphatic rings. The van der Waals surface area contributed by atoms with Gasteiger partial charge in [-0.15, -0.1) is 0 Å². The molecule has 0 radical (unpaired) electrons. The van der Waals surface area contributed by atoms with Crippen LogP contribution in [0.2, 0.25) is 0 Å². The van der Waals surface area contributed by atoms with Crippen LogP contribution in [-0.2, 0) is 10.0 Å². The van der Waals surface area contributed by atoms with Crippen molar-refractivity contribution in [2.45, 2.75) is 13.0 Å². The van der Waals surface area contributed by atoms with Gasteiger partial charge < -0.3 is 0 Å². The van der Waals surface area contributed by atoms with E-state index < -0.39 is 10.0 Å². The molecule has 4 nitrogen and oxygen atoms in total. The summed E-state index contributed by atoms with van der Waals surface area (Å²) < 4.78 is 39.6. The second-order valence-electron chi connectivity index (χ2n) is 6.42. The molecule has 1 saturated heterocycles. The van der Waals surface area contributed by atoms with Crippen molar-refractivity contribution < 1.29 is 12.8 Å². The van der Waals surface area contributed by atoms with Crippen LogP contribution in [-0.4, -0.2) is 43.8 Å². The zero-order valence-corrected chi connectivity index (χ0v) is 15.6. The van der Waals surface area contributed by atoms with Gasteiger partial charge in [0.1, 0.15) is 5.82 Å². The lowest BCUT2D eigenvalue weighted by Gasteiger charge is -2.37. The van der Waals surface area contributed by atoms with Gasteiger partial charge in [-0.2, -0.15) is 4.31 Å². The van der Waals surface area contributed by atoms with Crippen molar-refractivity contribution >= 4 is 16.1 Å². The van der Waals surface area contributed by atoms with Crippen LogP contribution in [0, 0.1) is 5.82 Å². The number of hydrogen-bond acceptors (Lipinski definition) is 3. The van der Waals surface area contributed by atoms with Gasteiger partial charge in [0.15, 0.2) is 0 Å². The summed E-state index contributed by atoms with van der Waals surface area (Å²) in [5, 5.41) is 1.28. The number of benzene rings is 2. The number of hydrogen-bond donors (Lipinski definition) is 0. The fraction of sp³-hybridized carbons (Fsp3) is 0.300. The van der Waals surface area contributed by atoms with E-state index in [2.05, 4.69) is 11.8 Å². The molecule has 1 atom stereocenters. The highest BCUT2D eigenvalue weighted by Gasteiger charge is 2.27. The van der Waals surface area contributed by atoms with Gasteiger partial charge in [-0.3, -0.25) is 4.90 Å². The van der Waals surface area contributed by atoms with Gasteiger partial charge in [-0.05, 0) is 36.3 Å². The van der Waals surface area contributed by atoms with Gasteiger partial charge in [0.25, 0.3) is 0 Å². The maximum Gasteiger partial charge on any atom is 0.236 e. The first-order valence-corrected chi connectivity index (χ1v) is 10.2. The topological polar surface area (TPSA) is 40.6 Å². The zero-order chi connectivity index (χ0) is 18.6. The van der Waals surface area contributed by atoms with Crippen molar-refractivity contribution in [3.63, 3.8) is 0 Å². The molecule has 0 bridgehead atoms. The first-order valence-electron chi connectivity index (χ1n) is 8.68. The second-order valence-corrected chi connectivity index (χ2v) is 8.24. The van der Waals surface area contributed by atoms with Crippen molar-refractivity contribution in [1.82, 2.24) is 9.21 Å². The van der Waals surface area contributed by atoms with E-state index in [0.717, 1.165) is 11.1 Å². The fourth-order valence-electron chi connectivity index (χ4n) is 3.11. The Hall–Kier alpha value is -2.02.